The first-order valence-corrected chi connectivity index (χ1v) is 6.38. The normalized spacial score (nSPS) is 13.9. The predicted octanol–water partition coefficient (Wildman–Crippen LogP) is 1.87. The third kappa shape index (κ3) is 4.77. The fourth-order valence-corrected chi connectivity index (χ4v) is 1.39. The van der Waals surface area contributed by atoms with Gasteiger partial charge < -0.3 is 15.2 Å². The van der Waals surface area contributed by atoms with Crippen molar-refractivity contribution in [1.82, 2.24) is 5.32 Å². The molecule has 0 heterocycles. The minimum atomic E-state index is -1.04. The molecular formula is C14H19F2NO3. The van der Waals surface area contributed by atoms with Crippen LogP contribution in [0.5, 0.6) is 5.75 Å². The van der Waals surface area contributed by atoms with E-state index >= 15 is 0 Å². The molecule has 4 nitrogen and oxygen atoms in total. The largest absolute Gasteiger partial charge is 0.481 e. The summed E-state index contributed by atoms with van der Waals surface area (Å²) >= 11 is 0. The first-order chi connectivity index (χ1) is 9.31. The van der Waals surface area contributed by atoms with Gasteiger partial charge in [0.25, 0.3) is 5.91 Å². The summed E-state index contributed by atoms with van der Waals surface area (Å²) in [5, 5.41) is 12.1. The average Bonchev–Trinajstić information content (AvgIpc) is 2.39. The molecule has 2 unspecified atom stereocenters. The number of halogens is 2. The highest BCUT2D eigenvalue weighted by molar-refractivity contribution is 5.80. The third-order valence-electron chi connectivity index (χ3n) is 2.83. The van der Waals surface area contributed by atoms with Gasteiger partial charge in [-0.05, 0) is 25.0 Å². The molecule has 2 atom stereocenters. The zero-order chi connectivity index (χ0) is 15.3. The summed E-state index contributed by atoms with van der Waals surface area (Å²) in [6.07, 6.45) is -1.52. The number of aliphatic hydroxyl groups excluding tert-OH is 1. The van der Waals surface area contributed by atoms with Crippen LogP contribution in [0.15, 0.2) is 18.2 Å². The van der Waals surface area contributed by atoms with Crippen molar-refractivity contribution >= 4 is 5.91 Å². The Kier molecular flexibility index (Phi) is 5.88. The summed E-state index contributed by atoms with van der Waals surface area (Å²) in [5.41, 5.74) is 0. The van der Waals surface area contributed by atoms with Crippen LogP contribution in [0.2, 0.25) is 0 Å². The van der Waals surface area contributed by atoms with Gasteiger partial charge in [0.2, 0.25) is 0 Å². The average molecular weight is 287 g/mol. The lowest BCUT2D eigenvalue weighted by molar-refractivity contribution is -0.127. The lowest BCUT2D eigenvalue weighted by Gasteiger charge is -2.18. The molecule has 0 bridgehead atoms. The van der Waals surface area contributed by atoms with Crippen LogP contribution in [0.1, 0.15) is 20.8 Å². The Morgan fingerprint density at radius 3 is 2.50 bits per heavy atom. The molecule has 0 radical (unpaired) electrons. The van der Waals surface area contributed by atoms with E-state index in [0.717, 1.165) is 12.1 Å². The van der Waals surface area contributed by atoms with Gasteiger partial charge in [0.15, 0.2) is 17.7 Å². The molecule has 1 aromatic carbocycles. The van der Waals surface area contributed by atoms with E-state index in [2.05, 4.69) is 5.32 Å². The molecule has 112 valence electrons. The molecular weight excluding hydrogens is 268 g/mol. The maximum Gasteiger partial charge on any atom is 0.260 e. The fourth-order valence-electron chi connectivity index (χ4n) is 1.39. The highest BCUT2D eigenvalue weighted by Gasteiger charge is 2.17. The van der Waals surface area contributed by atoms with E-state index in [1.54, 1.807) is 0 Å². The smallest absolute Gasteiger partial charge is 0.260 e. The molecule has 1 amide bonds. The van der Waals surface area contributed by atoms with Gasteiger partial charge in [-0.2, -0.15) is 0 Å². The minimum Gasteiger partial charge on any atom is -0.481 e. The second-order valence-electron chi connectivity index (χ2n) is 4.89. The monoisotopic (exact) mass is 287 g/mol. The van der Waals surface area contributed by atoms with Crippen molar-refractivity contribution in [2.45, 2.75) is 33.0 Å². The molecule has 0 aromatic heterocycles. The number of rotatable bonds is 6. The SMILES string of the molecule is CC(Oc1ccc(F)c(F)c1)C(=O)NCC(O)C(C)C. The molecule has 20 heavy (non-hydrogen) atoms. The first-order valence-electron chi connectivity index (χ1n) is 6.38. The van der Waals surface area contributed by atoms with Crippen molar-refractivity contribution in [1.29, 1.82) is 0 Å². The van der Waals surface area contributed by atoms with Crippen molar-refractivity contribution in [2.75, 3.05) is 6.54 Å². The molecule has 0 saturated heterocycles. The Labute approximate surface area is 116 Å². The van der Waals surface area contributed by atoms with Gasteiger partial charge in [0.05, 0.1) is 6.10 Å². The number of hydrogen-bond acceptors (Lipinski definition) is 3. The summed E-state index contributed by atoms with van der Waals surface area (Å²) in [7, 11) is 0. The molecule has 0 fully saturated rings. The van der Waals surface area contributed by atoms with Crippen LogP contribution >= 0.6 is 0 Å². The van der Waals surface area contributed by atoms with Crippen LogP contribution in [0, 0.1) is 17.6 Å². The molecule has 0 saturated carbocycles. The van der Waals surface area contributed by atoms with E-state index in [1.165, 1.54) is 13.0 Å². The Morgan fingerprint density at radius 1 is 1.30 bits per heavy atom. The second-order valence-corrected chi connectivity index (χ2v) is 4.89. The summed E-state index contributed by atoms with van der Waals surface area (Å²) in [4.78, 5) is 11.7. The molecule has 2 N–H and O–H groups in total. The molecule has 1 aromatic rings. The Morgan fingerprint density at radius 2 is 1.95 bits per heavy atom. The zero-order valence-corrected chi connectivity index (χ0v) is 11.7. The van der Waals surface area contributed by atoms with E-state index in [4.69, 9.17) is 4.74 Å². The first kappa shape index (κ1) is 16.4. The van der Waals surface area contributed by atoms with Crippen LogP contribution in [0.25, 0.3) is 0 Å². The van der Waals surface area contributed by atoms with Gasteiger partial charge in [-0.25, -0.2) is 8.78 Å². The molecule has 0 aliphatic rings. The summed E-state index contributed by atoms with van der Waals surface area (Å²) in [6.45, 7) is 5.26. The zero-order valence-electron chi connectivity index (χ0n) is 11.7. The minimum absolute atomic E-state index is 0.0257. The summed E-state index contributed by atoms with van der Waals surface area (Å²) in [5.74, 6) is -2.36. The standard InChI is InChI=1S/C14H19F2NO3/c1-8(2)13(18)7-17-14(19)9(3)20-10-4-5-11(15)12(16)6-10/h4-6,8-9,13,18H,7H2,1-3H3,(H,17,19). The highest BCUT2D eigenvalue weighted by Crippen LogP contribution is 2.16. The molecule has 6 heteroatoms. The van der Waals surface area contributed by atoms with Gasteiger partial charge in [-0.3, -0.25) is 4.79 Å². The Balaban J connectivity index is 2.51. The Bertz CT molecular complexity index is 466. The Hall–Kier alpha value is -1.69. The lowest BCUT2D eigenvalue weighted by Crippen LogP contribution is -2.41. The van der Waals surface area contributed by atoms with E-state index in [0.29, 0.717) is 0 Å². The van der Waals surface area contributed by atoms with Crippen LogP contribution < -0.4 is 10.1 Å². The number of carbonyl (C=O) groups excluding carboxylic acids is 1. The van der Waals surface area contributed by atoms with Crippen LogP contribution in [0.4, 0.5) is 8.78 Å². The molecule has 0 spiro atoms. The lowest BCUT2D eigenvalue weighted by atomic mass is 10.1. The third-order valence-corrected chi connectivity index (χ3v) is 2.83. The van der Waals surface area contributed by atoms with Crippen molar-refractivity contribution in [2.24, 2.45) is 5.92 Å². The topological polar surface area (TPSA) is 58.6 Å². The number of ether oxygens (including phenoxy) is 1. The van der Waals surface area contributed by atoms with E-state index in [-0.39, 0.29) is 18.2 Å². The molecule has 0 aliphatic carbocycles. The predicted molar refractivity (Wildman–Crippen MR) is 70.3 cm³/mol. The van der Waals surface area contributed by atoms with Gasteiger partial charge in [0.1, 0.15) is 5.75 Å². The fraction of sp³-hybridized carbons (Fsp3) is 0.500. The molecule has 1 rings (SSSR count). The maximum atomic E-state index is 13.0. The number of benzene rings is 1. The second kappa shape index (κ2) is 7.19. The molecule has 0 aliphatic heterocycles. The van der Waals surface area contributed by atoms with Gasteiger partial charge in [-0.15, -0.1) is 0 Å². The van der Waals surface area contributed by atoms with Crippen LogP contribution in [0.3, 0.4) is 0 Å². The van der Waals surface area contributed by atoms with Crippen LogP contribution in [-0.4, -0.2) is 29.8 Å². The van der Waals surface area contributed by atoms with Crippen molar-refractivity contribution in [3.63, 3.8) is 0 Å². The number of amides is 1. The quantitative estimate of drug-likeness (QED) is 0.839. The van der Waals surface area contributed by atoms with Crippen molar-refractivity contribution < 1.29 is 23.4 Å². The van der Waals surface area contributed by atoms with E-state index in [9.17, 15) is 18.7 Å². The van der Waals surface area contributed by atoms with Crippen molar-refractivity contribution in [3.05, 3.63) is 29.8 Å². The van der Waals surface area contributed by atoms with Crippen LogP contribution in [-0.2, 0) is 4.79 Å². The number of nitrogens with one attached hydrogen (secondary N) is 1. The summed E-state index contributed by atoms with van der Waals surface area (Å²) in [6, 6.07) is 3.05. The summed E-state index contributed by atoms with van der Waals surface area (Å²) < 4.78 is 30.9. The van der Waals surface area contributed by atoms with Crippen molar-refractivity contribution in [3.8, 4) is 5.75 Å². The highest BCUT2D eigenvalue weighted by atomic mass is 19.2. The number of aliphatic hydroxyl groups is 1. The van der Waals surface area contributed by atoms with Gasteiger partial charge in [-0.1, -0.05) is 13.8 Å². The van der Waals surface area contributed by atoms with Gasteiger partial charge in [0, 0.05) is 12.6 Å². The maximum absolute atomic E-state index is 13.0. The van der Waals surface area contributed by atoms with E-state index in [1.807, 2.05) is 13.8 Å². The van der Waals surface area contributed by atoms with E-state index < -0.39 is 29.7 Å². The number of carbonyl (C=O) groups is 1. The van der Waals surface area contributed by atoms with Gasteiger partial charge >= 0.3 is 0 Å². The number of hydrogen-bond donors (Lipinski definition) is 2.